The highest BCUT2D eigenvalue weighted by Gasteiger charge is 2.17. The van der Waals surface area contributed by atoms with Crippen LogP contribution in [0.15, 0.2) is 36.4 Å². The number of rotatable bonds is 2. The van der Waals surface area contributed by atoms with Gasteiger partial charge in [-0.05, 0) is 24.3 Å². The Labute approximate surface area is 117 Å². The Hall–Kier alpha value is -2.47. The number of fused-ring (bicyclic) bond motifs is 1. The predicted octanol–water partition coefficient (Wildman–Crippen LogP) is 2.91. The van der Waals surface area contributed by atoms with Gasteiger partial charge in [0.15, 0.2) is 0 Å². The van der Waals surface area contributed by atoms with Gasteiger partial charge in [-0.3, -0.25) is 0 Å². The molecule has 0 spiro atoms. The fraction of sp³-hybridized carbons (Fsp3) is 0. The van der Waals surface area contributed by atoms with E-state index in [0.717, 1.165) is 0 Å². The minimum atomic E-state index is -1.12. The third-order valence-corrected chi connectivity index (χ3v) is 3.16. The van der Waals surface area contributed by atoms with E-state index in [1.165, 1.54) is 28.9 Å². The molecule has 0 unspecified atom stereocenters. The maximum absolute atomic E-state index is 13.9. The van der Waals surface area contributed by atoms with E-state index in [4.69, 9.17) is 16.7 Å². The van der Waals surface area contributed by atoms with E-state index in [2.05, 4.69) is 10.3 Å². The highest BCUT2D eigenvalue weighted by atomic mass is 35.5. The number of carboxylic acids is 1. The van der Waals surface area contributed by atoms with E-state index in [9.17, 15) is 9.18 Å². The average molecular weight is 292 g/mol. The Balaban J connectivity index is 2.34. The summed E-state index contributed by atoms with van der Waals surface area (Å²) >= 11 is 5.98. The van der Waals surface area contributed by atoms with Gasteiger partial charge in [-0.25, -0.2) is 13.9 Å². The standard InChI is InChI=1S/C13H7ClFN3O2/c14-8-4-2-5-9(15)12(8)18-10-6-1-3-7(13(19)20)11(10)16-17-18/h1-6H,(H,19,20). The van der Waals surface area contributed by atoms with E-state index in [1.807, 2.05) is 0 Å². The third kappa shape index (κ3) is 1.81. The number of halogens is 2. The first-order valence-electron chi connectivity index (χ1n) is 5.61. The molecule has 3 aromatic rings. The summed E-state index contributed by atoms with van der Waals surface area (Å²) in [7, 11) is 0. The van der Waals surface area contributed by atoms with E-state index in [-0.39, 0.29) is 21.8 Å². The summed E-state index contributed by atoms with van der Waals surface area (Å²) in [6.45, 7) is 0. The fourth-order valence-electron chi connectivity index (χ4n) is 1.97. The van der Waals surface area contributed by atoms with Crippen LogP contribution >= 0.6 is 11.6 Å². The van der Waals surface area contributed by atoms with E-state index >= 15 is 0 Å². The Kier molecular flexibility index (Phi) is 2.87. The number of aromatic nitrogens is 3. The van der Waals surface area contributed by atoms with Gasteiger partial charge < -0.3 is 5.11 Å². The number of aromatic carboxylic acids is 1. The van der Waals surface area contributed by atoms with Crippen molar-refractivity contribution in [1.29, 1.82) is 0 Å². The molecular weight excluding hydrogens is 285 g/mol. The Morgan fingerprint density at radius 2 is 2.00 bits per heavy atom. The van der Waals surface area contributed by atoms with E-state index < -0.39 is 11.8 Å². The van der Waals surface area contributed by atoms with Crippen LogP contribution in [0.2, 0.25) is 5.02 Å². The van der Waals surface area contributed by atoms with Gasteiger partial charge in [0.2, 0.25) is 0 Å². The zero-order valence-electron chi connectivity index (χ0n) is 9.92. The minimum absolute atomic E-state index is 0.00112. The van der Waals surface area contributed by atoms with Gasteiger partial charge in [-0.15, -0.1) is 5.10 Å². The van der Waals surface area contributed by atoms with Gasteiger partial charge in [0, 0.05) is 0 Å². The van der Waals surface area contributed by atoms with Gasteiger partial charge in [0.05, 0.1) is 16.1 Å². The second kappa shape index (κ2) is 4.57. The van der Waals surface area contributed by atoms with Crippen LogP contribution < -0.4 is 0 Å². The van der Waals surface area contributed by atoms with Gasteiger partial charge in [-0.1, -0.05) is 28.9 Å². The maximum Gasteiger partial charge on any atom is 0.338 e. The molecule has 7 heteroatoms. The smallest absolute Gasteiger partial charge is 0.338 e. The largest absolute Gasteiger partial charge is 0.478 e. The Morgan fingerprint density at radius 1 is 1.25 bits per heavy atom. The second-order valence-corrected chi connectivity index (χ2v) is 4.46. The van der Waals surface area contributed by atoms with Crippen molar-refractivity contribution in [3.8, 4) is 5.69 Å². The summed E-state index contributed by atoms with van der Waals surface area (Å²) in [5, 5.41) is 16.9. The van der Waals surface area contributed by atoms with Gasteiger partial charge >= 0.3 is 5.97 Å². The topological polar surface area (TPSA) is 68.0 Å². The monoisotopic (exact) mass is 291 g/mol. The number of para-hydroxylation sites is 1. The first-order chi connectivity index (χ1) is 9.59. The van der Waals surface area contributed by atoms with Crippen LogP contribution in [-0.4, -0.2) is 26.1 Å². The van der Waals surface area contributed by atoms with Crippen molar-refractivity contribution in [2.75, 3.05) is 0 Å². The molecule has 1 heterocycles. The number of carbonyl (C=O) groups is 1. The number of hydrogen-bond acceptors (Lipinski definition) is 3. The molecule has 0 aliphatic rings. The molecule has 2 aromatic carbocycles. The minimum Gasteiger partial charge on any atom is -0.478 e. The molecule has 100 valence electrons. The number of hydrogen-bond donors (Lipinski definition) is 1. The summed E-state index contributed by atoms with van der Waals surface area (Å²) in [4.78, 5) is 11.1. The summed E-state index contributed by atoms with van der Waals surface area (Å²) in [5.41, 5.74) is 0.594. The third-order valence-electron chi connectivity index (χ3n) is 2.86. The normalized spacial score (nSPS) is 10.9. The predicted molar refractivity (Wildman–Crippen MR) is 70.8 cm³/mol. The Morgan fingerprint density at radius 3 is 2.70 bits per heavy atom. The van der Waals surface area contributed by atoms with Gasteiger partial charge in [0.25, 0.3) is 0 Å². The lowest BCUT2D eigenvalue weighted by Gasteiger charge is -2.06. The molecule has 5 nitrogen and oxygen atoms in total. The summed E-state index contributed by atoms with van der Waals surface area (Å²) in [5.74, 6) is -1.69. The highest BCUT2D eigenvalue weighted by Crippen LogP contribution is 2.26. The van der Waals surface area contributed by atoms with Crippen LogP contribution in [0.1, 0.15) is 10.4 Å². The van der Waals surface area contributed by atoms with Crippen molar-refractivity contribution in [3.63, 3.8) is 0 Å². The molecule has 0 saturated heterocycles. The zero-order valence-corrected chi connectivity index (χ0v) is 10.7. The van der Waals surface area contributed by atoms with E-state index in [0.29, 0.717) is 5.52 Å². The van der Waals surface area contributed by atoms with Crippen LogP contribution in [0.3, 0.4) is 0 Å². The van der Waals surface area contributed by atoms with Crippen molar-refractivity contribution in [2.45, 2.75) is 0 Å². The highest BCUT2D eigenvalue weighted by molar-refractivity contribution is 6.32. The van der Waals surface area contributed by atoms with Crippen LogP contribution in [0, 0.1) is 5.82 Å². The quantitative estimate of drug-likeness (QED) is 0.788. The first kappa shape index (κ1) is 12.6. The lowest BCUT2D eigenvalue weighted by molar-refractivity contribution is 0.0699. The maximum atomic E-state index is 13.9. The molecule has 20 heavy (non-hydrogen) atoms. The molecule has 0 saturated carbocycles. The molecule has 0 atom stereocenters. The van der Waals surface area contributed by atoms with Crippen LogP contribution in [-0.2, 0) is 0 Å². The molecule has 0 amide bonds. The molecule has 0 bridgehead atoms. The van der Waals surface area contributed by atoms with Gasteiger partial charge in [0.1, 0.15) is 17.0 Å². The average Bonchev–Trinajstić information content (AvgIpc) is 2.82. The lowest BCUT2D eigenvalue weighted by atomic mass is 10.2. The Bertz CT molecular complexity index is 811. The SMILES string of the molecule is O=C(O)c1cccc2c1nnn2-c1c(F)cccc1Cl. The van der Waals surface area contributed by atoms with Crippen LogP contribution in [0.4, 0.5) is 4.39 Å². The molecule has 0 aliphatic carbocycles. The van der Waals surface area contributed by atoms with Crippen molar-refractivity contribution in [1.82, 2.24) is 15.0 Å². The number of benzene rings is 2. The molecule has 0 aliphatic heterocycles. The van der Waals surface area contributed by atoms with Crippen molar-refractivity contribution in [3.05, 3.63) is 52.8 Å². The van der Waals surface area contributed by atoms with Crippen molar-refractivity contribution < 1.29 is 14.3 Å². The number of nitrogens with zero attached hydrogens (tertiary/aromatic N) is 3. The van der Waals surface area contributed by atoms with E-state index in [1.54, 1.807) is 12.1 Å². The van der Waals surface area contributed by atoms with Gasteiger partial charge in [-0.2, -0.15) is 0 Å². The summed E-state index contributed by atoms with van der Waals surface area (Å²) in [6, 6.07) is 8.80. The van der Waals surface area contributed by atoms with Crippen LogP contribution in [0.5, 0.6) is 0 Å². The molecular formula is C13H7ClFN3O2. The molecule has 0 radical (unpaired) electrons. The molecule has 1 N–H and O–H groups in total. The van der Waals surface area contributed by atoms with Crippen LogP contribution in [0.25, 0.3) is 16.7 Å². The molecule has 1 aromatic heterocycles. The second-order valence-electron chi connectivity index (χ2n) is 4.05. The summed E-state index contributed by atoms with van der Waals surface area (Å²) in [6.07, 6.45) is 0. The van der Waals surface area contributed by atoms with Crippen molar-refractivity contribution >= 4 is 28.6 Å². The fourth-order valence-corrected chi connectivity index (χ4v) is 2.22. The lowest BCUT2D eigenvalue weighted by Crippen LogP contribution is -2.01. The first-order valence-corrected chi connectivity index (χ1v) is 5.99. The van der Waals surface area contributed by atoms with Crippen molar-refractivity contribution in [2.24, 2.45) is 0 Å². The number of carboxylic acid groups (broad SMARTS) is 1. The summed E-state index contributed by atoms with van der Waals surface area (Å²) < 4.78 is 15.1. The molecule has 0 fully saturated rings. The molecule has 3 rings (SSSR count). The zero-order chi connectivity index (χ0) is 14.3.